The van der Waals surface area contributed by atoms with Crippen LogP contribution in [0.15, 0.2) is 59.5 Å². The second kappa shape index (κ2) is 12.7. The maximum absolute atomic E-state index is 13.6. The Bertz CT molecular complexity index is 1250. The van der Waals surface area contributed by atoms with E-state index in [1.165, 1.54) is 44.3 Å². The molecule has 2 atom stereocenters. The predicted molar refractivity (Wildman–Crippen MR) is 164 cm³/mol. The number of hydrogen-bond acceptors (Lipinski definition) is 5. The smallest absolute Gasteiger partial charge is 0.229 e. The fourth-order valence-corrected chi connectivity index (χ4v) is 7.73. The number of halogens is 2. The van der Waals surface area contributed by atoms with E-state index in [4.69, 9.17) is 0 Å². The fraction of sp³-hybridized carbons (Fsp3) is 0.581. The summed E-state index contributed by atoms with van der Waals surface area (Å²) in [5.41, 5.74) is 2.26. The highest BCUT2D eigenvalue weighted by molar-refractivity contribution is 7.90. The SMILES string of the molecule is CS(=O)(=O)c1ccc(CN2CCC3(CCN(C[C@H]4CN(CC5CC5)CC4c4ccccc4)CC3)C2=O)cc1.Cl.Cl. The maximum Gasteiger partial charge on any atom is 0.229 e. The van der Waals surface area contributed by atoms with Gasteiger partial charge in [-0.05, 0) is 80.3 Å². The predicted octanol–water partition coefficient (Wildman–Crippen LogP) is 4.87. The van der Waals surface area contributed by atoms with Crippen LogP contribution in [0.3, 0.4) is 0 Å². The molecule has 1 spiro atoms. The molecule has 1 saturated carbocycles. The van der Waals surface area contributed by atoms with Crippen molar-refractivity contribution < 1.29 is 13.2 Å². The zero-order valence-corrected chi connectivity index (χ0v) is 25.9. The lowest BCUT2D eigenvalue weighted by Crippen LogP contribution is -2.46. The van der Waals surface area contributed by atoms with Crippen LogP contribution < -0.4 is 0 Å². The van der Waals surface area contributed by atoms with Gasteiger partial charge in [0.25, 0.3) is 0 Å². The Balaban J connectivity index is 0.00000185. The molecule has 0 bridgehead atoms. The summed E-state index contributed by atoms with van der Waals surface area (Å²) in [5.74, 6) is 2.47. The second-order valence-corrected chi connectivity index (χ2v) is 14.4. The average molecular weight is 609 g/mol. The van der Waals surface area contributed by atoms with Crippen LogP contribution in [0, 0.1) is 17.3 Å². The molecule has 3 heterocycles. The molecule has 0 aromatic heterocycles. The number of sulfone groups is 1. The molecule has 0 radical (unpaired) electrons. The van der Waals surface area contributed by atoms with Crippen LogP contribution in [-0.4, -0.2) is 81.1 Å². The molecule has 2 aromatic rings. The fourth-order valence-electron chi connectivity index (χ4n) is 7.10. The number of likely N-dealkylation sites (tertiary alicyclic amines) is 3. The summed E-state index contributed by atoms with van der Waals surface area (Å²) in [6.07, 6.45) is 6.87. The van der Waals surface area contributed by atoms with Gasteiger partial charge in [-0.1, -0.05) is 42.5 Å². The van der Waals surface area contributed by atoms with Gasteiger partial charge >= 0.3 is 0 Å². The standard InChI is InChI=1S/C31H41N3O3S.2ClH/c1-38(36,37)28-11-9-25(10-12-28)20-34-18-15-31(30(34)35)13-16-32(17-14-31)21-27-22-33(19-24-7-8-24)23-29(27)26-5-3-2-4-6-26;;/h2-6,9-12,24,27,29H,7-8,13-23H2,1H3;2*1H/t27-,29?;;/m0../s1. The molecule has 3 aliphatic heterocycles. The van der Waals surface area contributed by atoms with Crippen molar-refractivity contribution in [2.45, 2.75) is 49.5 Å². The molecular weight excluding hydrogens is 565 g/mol. The lowest BCUT2D eigenvalue weighted by Gasteiger charge is -2.39. The molecule has 9 heteroatoms. The monoisotopic (exact) mass is 607 g/mol. The van der Waals surface area contributed by atoms with Crippen molar-refractivity contribution in [3.63, 3.8) is 0 Å². The zero-order valence-electron chi connectivity index (χ0n) is 23.4. The first kappa shape index (κ1) is 31.3. The summed E-state index contributed by atoms with van der Waals surface area (Å²) in [4.78, 5) is 21.2. The molecular formula is C31H43Cl2N3O3S. The van der Waals surface area contributed by atoms with Gasteiger partial charge in [0.15, 0.2) is 9.84 Å². The Hall–Kier alpha value is -1.64. The van der Waals surface area contributed by atoms with Gasteiger partial charge in [0.2, 0.25) is 5.91 Å². The number of hydrogen-bond donors (Lipinski definition) is 0. The third kappa shape index (κ3) is 6.87. The Morgan fingerprint density at radius 1 is 0.825 bits per heavy atom. The van der Waals surface area contributed by atoms with Crippen LogP contribution >= 0.6 is 24.8 Å². The first-order chi connectivity index (χ1) is 18.3. The first-order valence-corrected chi connectivity index (χ1v) is 16.3. The molecule has 220 valence electrons. The maximum atomic E-state index is 13.6. The van der Waals surface area contributed by atoms with E-state index in [2.05, 4.69) is 40.1 Å². The Kier molecular flexibility index (Phi) is 9.94. The van der Waals surface area contributed by atoms with E-state index >= 15 is 0 Å². The number of nitrogens with zero attached hydrogens (tertiary/aromatic N) is 3. The number of benzene rings is 2. The minimum Gasteiger partial charge on any atom is -0.338 e. The number of carbonyl (C=O) groups excluding carboxylic acids is 1. The number of carbonyl (C=O) groups is 1. The van der Waals surface area contributed by atoms with Crippen LogP contribution in [0.4, 0.5) is 0 Å². The summed E-state index contributed by atoms with van der Waals surface area (Å²) in [6.45, 7) is 8.13. The number of piperidine rings is 1. The van der Waals surface area contributed by atoms with Crippen molar-refractivity contribution in [1.82, 2.24) is 14.7 Å². The van der Waals surface area contributed by atoms with E-state index in [1.807, 2.05) is 17.0 Å². The molecule has 6 nitrogen and oxygen atoms in total. The van der Waals surface area contributed by atoms with Crippen molar-refractivity contribution in [3.05, 3.63) is 65.7 Å². The largest absolute Gasteiger partial charge is 0.338 e. The zero-order chi connectivity index (χ0) is 26.3. The van der Waals surface area contributed by atoms with E-state index in [0.29, 0.717) is 29.2 Å². The molecule has 6 rings (SSSR count). The van der Waals surface area contributed by atoms with E-state index in [-0.39, 0.29) is 30.2 Å². The summed E-state index contributed by atoms with van der Waals surface area (Å²) >= 11 is 0. The van der Waals surface area contributed by atoms with Gasteiger partial charge in [-0.3, -0.25) is 4.79 Å². The topological polar surface area (TPSA) is 60.9 Å². The van der Waals surface area contributed by atoms with Gasteiger partial charge < -0.3 is 14.7 Å². The third-order valence-electron chi connectivity index (χ3n) is 9.59. The van der Waals surface area contributed by atoms with Crippen LogP contribution in [-0.2, 0) is 21.2 Å². The molecule has 4 aliphatic rings. The van der Waals surface area contributed by atoms with Crippen molar-refractivity contribution in [1.29, 1.82) is 0 Å². The van der Waals surface area contributed by atoms with Gasteiger partial charge in [-0.25, -0.2) is 8.42 Å². The second-order valence-electron chi connectivity index (χ2n) is 12.4. The highest BCUT2D eigenvalue weighted by atomic mass is 35.5. The van der Waals surface area contributed by atoms with E-state index in [9.17, 15) is 13.2 Å². The number of rotatable bonds is 8. The Morgan fingerprint density at radius 3 is 2.10 bits per heavy atom. The molecule has 40 heavy (non-hydrogen) atoms. The van der Waals surface area contributed by atoms with E-state index in [0.717, 1.165) is 56.9 Å². The lowest BCUT2D eigenvalue weighted by atomic mass is 9.76. The van der Waals surface area contributed by atoms with Gasteiger partial charge in [0.1, 0.15) is 0 Å². The summed E-state index contributed by atoms with van der Waals surface area (Å²) in [7, 11) is -3.21. The minimum atomic E-state index is -3.21. The molecule has 3 saturated heterocycles. The van der Waals surface area contributed by atoms with Crippen LogP contribution in [0.25, 0.3) is 0 Å². The Morgan fingerprint density at radius 2 is 1.48 bits per heavy atom. The van der Waals surface area contributed by atoms with Crippen molar-refractivity contribution in [2.24, 2.45) is 17.3 Å². The first-order valence-electron chi connectivity index (χ1n) is 14.4. The molecule has 2 aromatic carbocycles. The van der Waals surface area contributed by atoms with E-state index in [1.54, 1.807) is 12.1 Å². The molecule has 1 amide bonds. The normalized spacial score (nSPS) is 25.1. The molecule has 1 aliphatic carbocycles. The molecule has 0 N–H and O–H groups in total. The van der Waals surface area contributed by atoms with Gasteiger partial charge in [-0.2, -0.15) is 0 Å². The van der Waals surface area contributed by atoms with Crippen molar-refractivity contribution in [3.8, 4) is 0 Å². The summed E-state index contributed by atoms with van der Waals surface area (Å²) < 4.78 is 23.5. The van der Waals surface area contributed by atoms with Crippen molar-refractivity contribution in [2.75, 3.05) is 52.1 Å². The van der Waals surface area contributed by atoms with Gasteiger partial charge in [-0.15, -0.1) is 24.8 Å². The van der Waals surface area contributed by atoms with Crippen LogP contribution in [0.5, 0.6) is 0 Å². The van der Waals surface area contributed by atoms with Crippen molar-refractivity contribution >= 4 is 40.6 Å². The number of amides is 1. The van der Waals surface area contributed by atoms with Crippen LogP contribution in [0.1, 0.15) is 49.1 Å². The average Bonchev–Trinajstić information content (AvgIpc) is 3.57. The third-order valence-corrected chi connectivity index (χ3v) is 10.7. The quantitative estimate of drug-likeness (QED) is 0.428. The van der Waals surface area contributed by atoms with Crippen LogP contribution in [0.2, 0.25) is 0 Å². The highest BCUT2D eigenvalue weighted by Crippen LogP contribution is 2.43. The van der Waals surface area contributed by atoms with E-state index < -0.39 is 9.84 Å². The molecule has 1 unspecified atom stereocenters. The van der Waals surface area contributed by atoms with Gasteiger partial charge in [0, 0.05) is 51.4 Å². The highest BCUT2D eigenvalue weighted by Gasteiger charge is 2.48. The lowest BCUT2D eigenvalue weighted by molar-refractivity contribution is -0.139. The minimum absolute atomic E-state index is 0. The summed E-state index contributed by atoms with van der Waals surface area (Å²) in [6, 6.07) is 18.1. The van der Waals surface area contributed by atoms with Gasteiger partial charge in [0.05, 0.1) is 10.3 Å². The summed E-state index contributed by atoms with van der Waals surface area (Å²) in [5, 5.41) is 0. The molecule has 4 fully saturated rings. The Labute approximate surface area is 252 Å².